The lowest BCUT2D eigenvalue weighted by atomic mass is 10.2. The Balaban J connectivity index is 1.47. The number of aryl methyl sites for hydroxylation is 2. The van der Waals surface area contributed by atoms with Crippen LogP contribution in [0.15, 0.2) is 66.0 Å². The molecule has 2 aromatic carbocycles. The van der Waals surface area contributed by atoms with E-state index in [1.807, 2.05) is 61.5 Å². The van der Waals surface area contributed by atoms with Gasteiger partial charge in [0, 0.05) is 17.0 Å². The van der Waals surface area contributed by atoms with Crippen LogP contribution in [-0.2, 0) is 11.2 Å². The van der Waals surface area contributed by atoms with Crippen molar-refractivity contribution < 1.29 is 9.53 Å². The van der Waals surface area contributed by atoms with Crippen molar-refractivity contribution in [2.24, 2.45) is 0 Å². The summed E-state index contributed by atoms with van der Waals surface area (Å²) in [6, 6.07) is 19.5. The maximum absolute atomic E-state index is 12.0. The van der Waals surface area contributed by atoms with Crippen LogP contribution in [-0.4, -0.2) is 5.91 Å². The number of anilines is 1. The highest BCUT2D eigenvalue weighted by molar-refractivity contribution is 7.09. The smallest absolute Gasteiger partial charge is 0.224 e. The lowest BCUT2D eigenvalue weighted by Gasteiger charge is -2.08. The summed E-state index contributed by atoms with van der Waals surface area (Å²) in [6.07, 6.45) is 2.34. The summed E-state index contributed by atoms with van der Waals surface area (Å²) in [7, 11) is 0. The summed E-state index contributed by atoms with van der Waals surface area (Å²) in [4.78, 5) is 13.3. The van der Waals surface area contributed by atoms with Crippen LogP contribution in [0.3, 0.4) is 0 Å². The van der Waals surface area contributed by atoms with Crippen molar-refractivity contribution in [2.75, 3.05) is 5.32 Å². The number of carbonyl (C=O) groups excluding carboxylic acids is 1. The van der Waals surface area contributed by atoms with Crippen LogP contribution in [0, 0.1) is 6.92 Å². The third kappa shape index (κ3) is 5.47. The van der Waals surface area contributed by atoms with Crippen molar-refractivity contribution in [3.63, 3.8) is 0 Å². The standard InChI is InChI=1S/C21H21NO2S/c1-16-5-2-6-19(15-16)24-18-12-10-17(11-13-18)22-21(23)9-3-7-20-8-4-14-25-20/h2,4-6,8,10-15H,3,7,9H2,1H3,(H,22,23). The molecule has 0 atom stereocenters. The molecule has 0 aliphatic heterocycles. The van der Waals surface area contributed by atoms with Crippen LogP contribution in [0.25, 0.3) is 0 Å². The van der Waals surface area contributed by atoms with E-state index in [1.165, 1.54) is 4.88 Å². The zero-order chi connectivity index (χ0) is 17.5. The van der Waals surface area contributed by atoms with E-state index in [0.717, 1.165) is 35.6 Å². The normalized spacial score (nSPS) is 10.4. The molecule has 3 rings (SSSR count). The Bertz CT molecular complexity index is 810. The molecule has 128 valence electrons. The van der Waals surface area contributed by atoms with Gasteiger partial charge < -0.3 is 10.1 Å². The first kappa shape index (κ1) is 17.2. The van der Waals surface area contributed by atoms with Gasteiger partial charge in [-0.15, -0.1) is 11.3 Å². The highest BCUT2D eigenvalue weighted by atomic mass is 32.1. The number of hydrogen-bond acceptors (Lipinski definition) is 3. The van der Waals surface area contributed by atoms with Gasteiger partial charge in [-0.1, -0.05) is 18.2 Å². The molecule has 0 radical (unpaired) electrons. The Morgan fingerprint density at radius 2 is 1.88 bits per heavy atom. The summed E-state index contributed by atoms with van der Waals surface area (Å²) in [6.45, 7) is 2.03. The number of rotatable bonds is 7. The largest absolute Gasteiger partial charge is 0.457 e. The summed E-state index contributed by atoms with van der Waals surface area (Å²) in [5.74, 6) is 1.61. The van der Waals surface area contributed by atoms with Crippen LogP contribution in [0.5, 0.6) is 11.5 Å². The average molecular weight is 351 g/mol. The Kier molecular flexibility index (Phi) is 5.86. The second-order valence-corrected chi connectivity index (χ2v) is 6.96. The van der Waals surface area contributed by atoms with Gasteiger partial charge in [-0.05, 0) is 73.2 Å². The van der Waals surface area contributed by atoms with Crippen molar-refractivity contribution in [1.29, 1.82) is 0 Å². The molecule has 25 heavy (non-hydrogen) atoms. The predicted molar refractivity (Wildman–Crippen MR) is 104 cm³/mol. The molecule has 3 aromatic rings. The number of hydrogen-bond donors (Lipinski definition) is 1. The summed E-state index contributed by atoms with van der Waals surface area (Å²) < 4.78 is 5.81. The lowest BCUT2D eigenvalue weighted by Crippen LogP contribution is -2.11. The van der Waals surface area contributed by atoms with Gasteiger partial charge in [0.2, 0.25) is 5.91 Å². The monoisotopic (exact) mass is 351 g/mol. The third-order valence-electron chi connectivity index (χ3n) is 3.77. The SMILES string of the molecule is Cc1cccc(Oc2ccc(NC(=O)CCCc3cccs3)cc2)c1. The zero-order valence-corrected chi connectivity index (χ0v) is 15.0. The van der Waals surface area contributed by atoms with E-state index in [0.29, 0.717) is 6.42 Å². The van der Waals surface area contributed by atoms with E-state index in [9.17, 15) is 4.79 Å². The Morgan fingerprint density at radius 1 is 1.04 bits per heavy atom. The van der Waals surface area contributed by atoms with E-state index in [-0.39, 0.29) is 5.91 Å². The first-order valence-corrected chi connectivity index (χ1v) is 9.24. The van der Waals surface area contributed by atoms with Crippen molar-refractivity contribution in [3.8, 4) is 11.5 Å². The van der Waals surface area contributed by atoms with E-state index < -0.39 is 0 Å². The molecule has 1 heterocycles. The molecule has 4 heteroatoms. The van der Waals surface area contributed by atoms with E-state index >= 15 is 0 Å². The Hall–Kier alpha value is -2.59. The minimum atomic E-state index is 0.0453. The van der Waals surface area contributed by atoms with Gasteiger partial charge in [0.15, 0.2) is 0 Å². The number of carbonyl (C=O) groups is 1. The summed E-state index contributed by atoms with van der Waals surface area (Å²) in [5, 5.41) is 5.00. The van der Waals surface area contributed by atoms with Crippen LogP contribution < -0.4 is 10.1 Å². The number of thiophene rings is 1. The zero-order valence-electron chi connectivity index (χ0n) is 14.2. The molecule has 0 fully saturated rings. The molecule has 3 nitrogen and oxygen atoms in total. The fraction of sp³-hybridized carbons (Fsp3) is 0.190. The lowest BCUT2D eigenvalue weighted by molar-refractivity contribution is -0.116. The van der Waals surface area contributed by atoms with Gasteiger partial charge in [-0.3, -0.25) is 4.79 Å². The molecular weight excluding hydrogens is 330 g/mol. The van der Waals surface area contributed by atoms with E-state index in [4.69, 9.17) is 4.74 Å². The maximum Gasteiger partial charge on any atom is 0.224 e. The van der Waals surface area contributed by atoms with Crippen molar-refractivity contribution in [1.82, 2.24) is 0 Å². The molecule has 0 aliphatic rings. The molecule has 0 bridgehead atoms. The predicted octanol–water partition coefficient (Wildman–Crippen LogP) is 5.81. The first-order chi connectivity index (χ1) is 12.2. The fourth-order valence-electron chi connectivity index (χ4n) is 2.52. The Morgan fingerprint density at radius 3 is 2.60 bits per heavy atom. The quantitative estimate of drug-likeness (QED) is 0.583. The number of benzene rings is 2. The molecule has 0 saturated carbocycles. The van der Waals surface area contributed by atoms with Gasteiger partial charge in [0.1, 0.15) is 11.5 Å². The molecule has 1 N–H and O–H groups in total. The van der Waals surface area contributed by atoms with Gasteiger partial charge in [0.25, 0.3) is 0 Å². The van der Waals surface area contributed by atoms with Crippen LogP contribution in [0.1, 0.15) is 23.3 Å². The second-order valence-electron chi connectivity index (χ2n) is 5.92. The van der Waals surface area contributed by atoms with Crippen molar-refractivity contribution >= 4 is 22.9 Å². The maximum atomic E-state index is 12.0. The number of nitrogens with one attached hydrogen (secondary N) is 1. The van der Waals surface area contributed by atoms with Crippen LogP contribution in [0.4, 0.5) is 5.69 Å². The molecule has 0 spiro atoms. The highest BCUT2D eigenvalue weighted by Crippen LogP contribution is 2.23. The molecule has 0 unspecified atom stereocenters. The van der Waals surface area contributed by atoms with Gasteiger partial charge in [-0.25, -0.2) is 0 Å². The van der Waals surface area contributed by atoms with Crippen molar-refractivity contribution in [3.05, 3.63) is 76.5 Å². The van der Waals surface area contributed by atoms with E-state index in [2.05, 4.69) is 16.8 Å². The third-order valence-corrected chi connectivity index (χ3v) is 4.71. The van der Waals surface area contributed by atoms with Gasteiger partial charge in [0.05, 0.1) is 0 Å². The summed E-state index contributed by atoms with van der Waals surface area (Å²) >= 11 is 1.74. The minimum absolute atomic E-state index is 0.0453. The molecular formula is C21H21NO2S. The summed E-state index contributed by atoms with van der Waals surface area (Å²) in [5.41, 5.74) is 1.95. The molecule has 0 saturated heterocycles. The van der Waals surface area contributed by atoms with E-state index in [1.54, 1.807) is 11.3 Å². The second kappa shape index (κ2) is 8.49. The first-order valence-electron chi connectivity index (χ1n) is 8.36. The van der Waals surface area contributed by atoms with Gasteiger partial charge >= 0.3 is 0 Å². The minimum Gasteiger partial charge on any atom is -0.457 e. The molecule has 1 amide bonds. The number of ether oxygens (including phenoxy) is 1. The Labute approximate surface area is 152 Å². The van der Waals surface area contributed by atoms with Crippen LogP contribution in [0.2, 0.25) is 0 Å². The van der Waals surface area contributed by atoms with Crippen molar-refractivity contribution in [2.45, 2.75) is 26.2 Å². The average Bonchev–Trinajstić information content (AvgIpc) is 3.10. The number of amides is 1. The van der Waals surface area contributed by atoms with Gasteiger partial charge in [-0.2, -0.15) is 0 Å². The fourth-order valence-corrected chi connectivity index (χ4v) is 3.27. The van der Waals surface area contributed by atoms with Crippen LogP contribution >= 0.6 is 11.3 Å². The highest BCUT2D eigenvalue weighted by Gasteiger charge is 2.04. The molecule has 0 aliphatic carbocycles. The molecule has 1 aromatic heterocycles. The topological polar surface area (TPSA) is 38.3 Å².